The first kappa shape index (κ1) is 25.1. The van der Waals surface area contributed by atoms with Crippen molar-refractivity contribution >= 4 is 42.3 Å². The number of amides is 3. The third-order valence-corrected chi connectivity index (χ3v) is 5.33. The molecule has 13 nitrogen and oxygen atoms in total. The zero-order chi connectivity index (χ0) is 23.8. The largest absolute Gasteiger partial charge is 0.481 e. The maximum absolute atomic E-state index is 12.8. The highest BCUT2D eigenvalue weighted by atomic mass is 32.1. The molecule has 0 spiro atoms. The number of carboxylic acids is 2. The van der Waals surface area contributed by atoms with Gasteiger partial charge in [0, 0.05) is 30.6 Å². The summed E-state index contributed by atoms with van der Waals surface area (Å²) in [7, 11) is 0. The SMILES string of the molecule is NC(Cc1cnc[nH]1)C(=O)NC(CS)C(=O)NC(CC(=O)O)C(=O)N1CCCC1C(=O)O. The molecule has 1 fully saturated rings. The van der Waals surface area contributed by atoms with E-state index < -0.39 is 60.2 Å². The molecule has 4 atom stereocenters. The van der Waals surface area contributed by atoms with Crippen molar-refractivity contribution in [1.29, 1.82) is 0 Å². The minimum atomic E-state index is -1.50. The second-order valence-corrected chi connectivity index (χ2v) is 7.68. The predicted octanol–water partition coefficient (Wildman–Crippen LogP) is -2.27. The second-order valence-electron chi connectivity index (χ2n) is 7.32. The summed E-state index contributed by atoms with van der Waals surface area (Å²) in [5.74, 6) is -5.02. The molecule has 2 rings (SSSR count). The van der Waals surface area contributed by atoms with Crippen LogP contribution in [0.2, 0.25) is 0 Å². The van der Waals surface area contributed by atoms with Crippen LogP contribution in [0.1, 0.15) is 25.0 Å². The van der Waals surface area contributed by atoms with Crippen LogP contribution in [0.4, 0.5) is 0 Å². The average Bonchev–Trinajstić information content (AvgIpc) is 3.42. The van der Waals surface area contributed by atoms with E-state index in [1.807, 2.05) is 0 Å². The van der Waals surface area contributed by atoms with Gasteiger partial charge in [-0.05, 0) is 12.8 Å². The molecule has 1 aliphatic rings. The van der Waals surface area contributed by atoms with Gasteiger partial charge in [0.1, 0.15) is 18.1 Å². The number of nitrogens with two attached hydrogens (primary N) is 1. The summed E-state index contributed by atoms with van der Waals surface area (Å²) in [5.41, 5.74) is 6.46. The number of aliphatic carboxylic acids is 2. The first-order valence-corrected chi connectivity index (χ1v) is 10.5. The van der Waals surface area contributed by atoms with Gasteiger partial charge in [0.2, 0.25) is 17.7 Å². The van der Waals surface area contributed by atoms with Gasteiger partial charge in [-0.3, -0.25) is 19.2 Å². The molecule has 176 valence electrons. The number of thiol groups is 1. The lowest BCUT2D eigenvalue weighted by Crippen LogP contribution is -2.58. The van der Waals surface area contributed by atoms with E-state index in [0.29, 0.717) is 12.1 Å². The number of aromatic amines is 1. The minimum Gasteiger partial charge on any atom is -0.481 e. The zero-order valence-corrected chi connectivity index (χ0v) is 18.0. The molecule has 14 heteroatoms. The summed E-state index contributed by atoms with van der Waals surface area (Å²) in [6.45, 7) is 0.136. The highest BCUT2D eigenvalue weighted by Gasteiger charge is 2.39. The summed E-state index contributed by atoms with van der Waals surface area (Å²) in [6, 6.07) is -4.78. The van der Waals surface area contributed by atoms with Gasteiger partial charge < -0.3 is 36.5 Å². The number of nitrogens with zero attached hydrogens (tertiary/aromatic N) is 2. The maximum atomic E-state index is 12.8. The number of carbonyl (C=O) groups is 5. The molecule has 0 aromatic carbocycles. The number of aromatic nitrogens is 2. The Kier molecular flexibility index (Phi) is 9.02. The van der Waals surface area contributed by atoms with E-state index in [0.717, 1.165) is 4.90 Å². The monoisotopic (exact) mass is 470 g/mol. The molecule has 1 aliphatic heterocycles. The lowest BCUT2D eigenvalue weighted by molar-refractivity contribution is -0.150. The molecule has 32 heavy (non-hydrogen) atoms. The first-order chi connectivity index (χ1) is 15.1. The summed E-state index contributed by atoms with van der Waals surface area (Å²) in [6.07, 6.45) is 3.00. The van der Waals surface area contributed by atoms with Crippen LogP contribution in [0.5, 0.6) is 0 Å². The molecule has 1 aromatic heterocycles. The summed E-state index contributed by atoms with van der Waals surface area (Å²) >= 11 is 4.04. The van der Waals surface area contributed by atoms with E-state index in [1.165, 1.54) is 12.5 Å². The molecule has 4 unspecified atom stereocenters. The third-order valence-electron chi connectivity index (χ3n) is 4.96. The van der Waals surface area contributed by atoms with E-state index in [2.05, 4.69) is 33.2 Å². The number of hydrogen-bond acceptors (Lipinski definition) is 8. The normalized spacial score (nSPS) is 18.4. The van der Waals surface area contributed by atoms with E-state index >= 15 is 0 Å². The Morgan fingerprint density at radius 1 is 1.22 bits per heavy atom. The standard InChI is InChI=1S/C18H26N6O7S/c19-10(4-9-6-20-8-21-9)15(27)23-12(7-32)16(28)22-11(5-14(25)26)17(29)24-3-1-2-13(24)18(30)31/h6,8,10-13,32H,1-5,7,19H2,(H,20,21)(H,22,28)(H,23,27)(H,25,26)(H,30,31). The van der Waals surface area contributed by atoms with Gasteiger partial charge in [0.15, 0.2) is 0 Å². The minimum absolute atomic E-state index is 0.136. The third kappa shape index (κ3) is 6.68. The smallest absolute Gasteiger partial charge is 0.326 e. The Labute approximate surface area is 188 Å². The fourth-order valence-electron chi connectivity index (χ4n) is 3.33. The van der Waals surface area contributed by atoms with Crippen LogP contribution in [0.25, 0.3) is 0 Å². The Hall–Kier alpha value is -3.13. The molecule has 3 amide bonds. The van der Waals surface area contributed by atoms with E-state index in [1.54, 1.807) is 0 Å². The number of rotatable bonds is 11. The fourth-order valence-corrected chi connectivity index (χ4v) is 3.59. The van der Waals surface area contributed by atoms with Crippen molar-refractivity contribution in [3.8, 4) is 0 Å². The summed E-state index contributed by atoms with van der Waals surface area (Å²) in [4.78, 5) is 68.1. The quantitative estimate of drug-likeness (QED) is 0.174. The van der Waals surface area contributed by atoms with E-state index in [9.17, 15) is 29.1 Å². The van der Waals surface area contributed by atoms with Crippen LogP contribution in [0.3, 0.4) is 0 Å². The molecular weight excluding hydrogens is 444 g/mol. The van der Waals surface area contributed by atoms with Gasteiger partial charge in [0.05, 0.1) is 18.8 Å². The molecule has 0 radical (unpaired) electrons. The van der Waals surface area contributed by atoms with Crippen LogP contribution in [-0.2, 0) is 30.4 Å². The second kappa shape index (κ2) is 11.5. The molecule has 7 N–H and O–H groups in total. The van der Waals surface area contributed by atoms with Crippen molar-refractivity contribution in [3.63, 3.8) is 0 Å². The first-order valence-electron chi connectivity index (χ1n) is 9.83. The van der Waals surface area contributed by atoms with Gasteiger partial charge in [-0.2, -0.15) is 12.6 Å². The number of nitrogens with one attached hydrogen (secondary N) is 3. The lowest BCUT2D eigenvalue weighted by Gasteiger charge is -2.28. The number of hydrogen-bond donors (Lipinski definition) is 7. The van der Waals surface area contributed by atoms with Crippen LogP contribution < -0.4 is 16.4 Å². The molecule has 1 saturated heterocycles. The van der Waals surface area contributed by atoms with E-state index in [4.69, 9.17) is 10.8 Å². The van der Waals surface area contributed by atoms with Crippen LogP contribution in [-0.4, -0.2) is 91.2 Å². The van der Waals surface area contributed by atoms with Crippen LogP contribution in [0, 0.1) is 0 Å². The molecular formula is C18H26N6O7S. The van der Waals surface area contributed by atoms with Crippen molar-refractivity contribution in [3.05, 3.63) is 18.2 Å². The summed E-state index contributed by atoms with van der Waals surface area (Å²) in [5, 5.41) is 23.1. The van der Waals surface area contributed by atoms with Crippen molar-refractivity contribution in [2.45, 2.75) is 49.9 Å². The highest BCUT2D eigenvalue weighted by molar-refractivity contribution is 7.80. The highest BCUT2D eigenvalue weighted by Crippen LogP contribution is 2.19. The summed E-state index contributed by atoms with van der Waals surface area (Å²) < 4.78 is 0. The van der Waals surface area contributed by atoms with E-state index in [-0.39, 0.29) is 25.1 Å². The molecule has 2 heterocycles. The molecule has 0 bridgehead atoms. The lowest BCUT2D eigenvalue weighted by atomic mass is 10.1. The average molecular weight is 471 g/mol. The number of carboxylic acid groups (broad SMARTS) is 2. The van der Waals surface area contributed by atoms with Gasteiger partial charge in [-0.1, -0.05) is 0 Å². The van der Waals surface area contributed by atoms with Gasteiger partial charge in [0.25, 0.3) is 0 Å². The predicted molar refractivity (Wildman–Crippen MR) is 113 cm³/mol. The van der Waals surface area contributed by atoms with Crippen LogP contribution in [0.15, 0.2) is 12.5 Å². The van der Waals surface area contributed by atoms with Crippen molar-refractivity contribution in [2.24, 2.45) is 5.73 Å². The number of carbonyl (C=O) groups excluding carboxylic acids is 3. The fraction of sp³-hybridized carbons (Fsp3) is 0.556. The van der Waals surface area contributed by atoms with Gasteiger partial charge in [-0.15, -0.1) is 0 Å². The number of imidazole rings is 1. The number of H-pyrrole nitrogens is 1. The Balaban J connectivity index is 2.04. The zero-order valence-electron chi connectivity index (χ0n) is 17.1. The Bertz CT molecular complexity index is 849. The van der Waals surface area contributed by atoms with Gasteiger partial charge in [-0.25, -0.2) is 9.78 Å². The number of likely N-dealkylation sites (tertiary alicyclic amines) is 1. The molecule has 1 aromatic rings. The van der Waals surface area contributed by atoms with Gasteiger partial charge >= 0.3 is 11.9 Å². The van der Waals surface area contributed by atoms with Crippen molar-refractivity contribution in [1.82, 2.24) is 25.5 Å². The van der Waals surface area contributed by atoms with Crippen LogP contribution >= 0.6 is 12.6 Å². The molecule has 0 saturated carbocycles. The van der Waals surface area contributed by atoms with Crippen molar-refractivity contribution < 1.29 is 34.2 Å². The Morgan fingerprint density at radius 2 is 1.91 bits per heavy atom. The topological polar surface area (TPSA) is 208 Å². The molecule has 0 aliphatic carbocycles. The Morgan fingerprint density at radius 3 is 2.47 bits per heavy atom. The van der Waals surface area contributed by atoms with Crippen molar-refractivity contribution in [2.75, 3.05) is 12.3 Å². The maximum Gasteiger partial charge on any atom is 0.326 e.